The molecule has 0 unspecified atom stereocenters. The molecule has 0 aliphatic rings. The van der Waals surface area contributed by atoms with Crippen LogP contribution in [-0.4, -0.2) is 12.1 Å². The number of methoxy groups -OCH3 is 1. The van der Waals surface area contributed by atoms with Crippen LogP contribution in [0.1, 0.15) is 11.1 Å². The molecule has 0 aliphatic heterocycles. The Kier molecular flexibility index (Phi) is 3.79. The summed E-state index contributed by atoms with van der Waals surface area (Å²) in [5.41, 5.74) is 9.65. The Bertz CT molecular complexity index is 540. The normalized spacial score (nSPS) is 10.3. The first-order chi connectivity index (χ1) is 8.69. The lowest BCUT2D eigenvalue weighted by atomic mass is 10.2. The van der Waals surface area contributed by atoms with Crippen LogP contribution in [0.25, 0.3) is 0 Å². The number of anilines is 3. The summed E-state index contributed by atoms with van der Waals surface area (Å²) in [4.78, 5) is 4.29. The average molecular weight is 243 g/mol. The fraction of sp³-hybridized carbons (Fsp3) is 0.214. The third-order valence-electron chi connectivity index (χ3n) is 2.66. The maximum absolute atomic E-state index is 5.85. The molecular formula is C14H17N3O. The molecule has 0 saturated carbocycles. The fourth-order valence-corrected chi connectivity index (χ4v) is 1.66. The standard InChI is InChI=1S/C14H17N3O/c1-10-8-16-14(7-13(10)15)17-12-5-3-4-11(6-12)9-18-2/h3-8H,9H2,1-2H3,(H3,15,16,17). The first-order valence-electron chi connectivity index (χ1n) is 5.76. The number of nitrogens with two attached hydrogens (primary N) is 1. The van der Waals surface area contributed by atoms with Gasteiger partial charge >= 0.3 is 0 Å². The summed E-state index contributed by atoms with van der Waals surface area (Å²) in [7, 11) is 1.68. The van der Waals surface area contributed by atoms with Crippen molar-refractivity contribution in [3.05, 3.63) is 47.7 Å². The third kappa shape index (κ3) is 2.99. The number of benzene rings is 1. The van der Waals surface area contributed by atoms with Gasteiger partial charge in [0.25, 0.3) is 0 Å². The summed E-state index contributed by atoms with van der Waals surface area (Å²) in [6.07, 6.45) is 1.76. The Morgan fingerprint density at radius 3 is 2.89 bits per heavy atom. The van der Waals surface area contributed by atoms with Crippen LogP contribution in [0.5, 0.6) is 0 Å². The van der Waals surface area contributed by atoms with E-state index < -0.39 is 0 Å². The third-order valence-corrected chi connectivity index (χ3v) is 2.66. The molecule has 18 heavy (non-hydrogen) atoms. The van der Waals surface area contributed by atoms with Crippen LogP contribution in [-0.2, 0) is 11.3 Å². The van der Waals surface area contributed by atoms with Gasteiger partial charge in [-0.1, -0.05) is 12.1 Å². The molecule has 0 aliphatic carbocycles. The van der Waals surface area contributed by atoms with Crippen molar-refractivity contribution in [2.24, 2.45) is 0 Å². The maximum atomic E-state index is 5.85. The van der Waals surface area contributed by atoms with Gasteiger partial charge in [0.2, 0.25) is 0 Å². The number of nitrogens with one attached hydrogen (secondary N) is 1. The summed E-state index contributed by atoms with van der Waals surface area (Å²) >= 11 is 0. The Balaban J connectivity index is 2.17. The molecule has 0 saturated heterocycles. The average Bonchev–Trinajstić information content (AvgIpc) is 2.35. The number of pyridine rings is 1. The molecule has 4 nitrogen and oxygen atoms in total. The van der Waals surface area contributed by atoms with E-state index in [1.807, 2.05) is 37.3 Å². The number of nitrogens with zero attached hydrogens (tertiary/aromatic N) is 1. The second-order valence-electron chi connectivity index (χ2n) is 4.18. The minimum Gasteiger partial charge on any atom is -0.398 e. The van der Waals surface area contributed by atoms with Crippen molar-refractivity contribution in [1.82, 2.24) is 4.98 Å². The van der Waals surface area contributed by atoms with Crippen LogP contribution in [0.2, 0.25) is 0 Å². The van der Waals surface area contributed by atoms with Crippen LogP contribution in [0.3, 0.4) is 0 Å². The second-order valence-corrected chi connectivity index (χ2v) is 4.18. The van der Waals surface area contributed by atoms with E-state index in [1.165, 1.54) is 0 Å². The number of nitrogen functional groups attached to an aromatic ring is 1. The highest BCUT2D eigenvalue weighted by molar-refractivity contribution is 5.61. The van der Waals surface area contributed by atoms with Crippen molar-refractivity contribution in [1.29, 1.82) is 0 Å². The van der Waals surface area contributed by atoms with Crippen molar-refractivity contribution < 1.29 is 4.74 Å². The highest BCUT2D eigenvalue weighted by atomic mass is 16.5. The van der Waals surface area contributed by atoms with Crippen LogP contribution in [0.15, 0.2) is 36.5 Å². The lowest BCUT2D eigenvalue weighted by Gasteiger charge is -2.09. The number of hydrogen-bond donors (Lipinski definition) is 2. The van der Waals surface area contributed by atoms with E-state index in [2.05, 4.69) is 10.3 Å². The van der Waals surface area contributed by atoms with E-state index >= 15 is 0 Å². The molecule has 2 rings (SSSR count). The number of aryl methyl sites for hydroxylation is 1. The smallest absolute Gasteiger partial charge is 0.132 e. The maximum Gasteiger partial charge on any atom is 0.132 e. The van der Waals surface area contributed by atoms with Gasteiger partial charge in [0, 0.05) is 30.7 Å². The lowest BCUT2D eigenvalue weighted by molar-refractivity contribution is 0.185. The molecule has 2 aromatic rings. The summed E-state index contributed by atoms with van der Waals surface area (Å²) in [5.74, 6) is 0.743. The zero-order valence-electron chi connectivity index (χ0n) is 10.6. The molecule has 0 radical (unpaired) electrons. The minimum absolute atomic E-state index is 0.596. The van der Waals surface area contributed by atoms with E-state index in [9.17, 15) is 0 Å². The Morgan fingerprint density at radius 1 is 1.33 bits per heavy atom. The topological polar surface area (TPSA) is 60.2 Å². The summed E-state index contributed by atoms with van der Waals surface area (Å²) in [6.45, 7) is 2.53. The van der Waals surface area contributed by atoms with Gasteiger partial charge in [-0.25, -0.2) is 4.98 Å². The highest BCUT2D eigenvalue weighted by Gasteiger charge is 2.00. The molecule has 0 bridgehead atoms. The number of ether oxygens (including phenoxy) is 1. The number of rotatable bonds is 4. The van der Waals surface area contributed by atoms with E-state index in [0.29, 0.717) is 6.61 Å². The van der Waals surface area contributed by atoms with Gasteiger partial charge in [-0.2, -0.15) is 0 Å². The highest BCUT2D eigenvalue weighted by Crippen LogP contribution is 2.19. The summed E-state index contributed by atoms with van der Waals surface area (Å²) in [5, 5.41) is 3.22. The van der Waals surface area contributed by atoms with Crippen molar-refractivity contribution in [3.63, 3.8) is 0 Å². The van der Waals surface area contributed by atoms with E-state index in [-0.39, 0.29) is 0 Å². The van der Waals surface area contributed by atoms with Crippen LogP contribution < -0.4 is 11.1 Å². The van der Waals surface area contributed by atoms with Gasteiger partial charge in [-0.3, -0.25) is 0 Å². The first kappa shape index (κ1) is 12.4. The molecule has 0 spiro atoms. The summed E-state index contributed by atoms with van der Waals surface area (Å²) < 4.78 is 5.10. The zero-order valence-corrected chi connectivity index (χ0v) is 10.6. The molecule has 94 valence electrons. The van der Waals surface area contributed by atoms with Crippen molar-refractivity contribution in [2.45, 2.75) is 13.5 Å². The van der Waals surface area contributed by atoms with Gasteiger partial charge in [-0.05, 0) is 30.2 Å². The molecule has 4 heteroatoms. The zero-order chi connectivity index (χ0) is 13.0. The van der Waals surface area contributed by atoms with Gasteiger partial charge < -0.3 is 15.8 Å². The molecule has 0 amide bonds. The van der Waals surface area contributed by atoms with E-state index in [4.69, 9.17) is 10.5 Å². The van der Waals surface area contributed by atoms with E-state index in [1.54, 1.807) is 13.3 Å². The molecule has 0 atom stereocenters. The predicted molar refractivity (Wildman–Crippen MR) is 73.8 cm³/mol. The monoisotopic (exact) mass is 243 g/mol. The van der Waals surface area contributed by atoms with E-state index in [0.717, 1.165) is 28.3 Å². The summed E-state index contributed by atoms with van der Waals surface area (Å²) in [6, 6.07) is 9.84. The van der Waals surface area contributed by atoms with Crippen molar-refractivity contribution in [2.75, 3.05) is 18.2 Å². The minimum atomic E-state index is 0.596. The number of hydrogen-bond acceptors (Lipinski definition) is 4. The molecule has 3 N–H and O–H groups in total. The fourth-order valence-electron chi connectivity index (χ4n) is 1.66. The van der Waals surface area contributed by atoms with Gasteiger partial charge in [0.05, 0.1) is 6.61 Å². The molecule has 1 aromatic heterocycles. The largest absolute Gasteiger partial charge is 0.398 e. The van der Waals surface area contributed by atoms with Gasteiger partial charge in [0.1, 0.15) is 5.82 Å². The quantitative estimate of drug-likeness (QED) is 0.866. The second kappa shape index (κ2) is 5.51. The van der Waals surface area contributed by atoms with Crippen LogP contribution in [0, 0.1) is 6.92 Å². The van der Waals surface area contributed by atoms with Crippen LogP contribution in [0.4, 0.5) is 17.2 Å². The van der Waals surface area contributed by atoms with Crippen molar-refractivity contribution >= 4 is 17.2 Å². The Hall–Kier alpha value is -2.07. The van der Waals surface area contributed by atoms with Gasteiger partial charge in [0.15, 0.2) is 0 Å². The van der Waals surface area contributed by atoms with Gasteiger partial charge in [-0.15, -0.1) is 0 Å². The number of aromatic nitrogens is 1. The molecule has 0 fully saturated rings. The SMILES string of the molecule is COCc1cccc(Nc2cc(N)c(C)cn2)c1. The molecule has 1 heterocycles. The Labute approximate surface area is 107 Å². The van der Waals surface area contributed by atoms with Crippen molar-refractivity contribution in [3.8, 4) is 0 Å². The van der Waals surface area contributed by atoms with Crippen LogP contribution >= 0.6 is 0 Å². The first-order valence-corrected chi connectivity index (χ1v) is 5.76. The molecular weight excluding hydrogens is 226 g/mol. The molecule has 1 aromatic carbocycles. The lowest BCUT2D eigenvalue weighted by Crippen LogP contribution is -1.98. The predicted octanol–water partition coefficient (Wildman–Crippen LogP) is 2.86. The Morgan fingerprint density at radius 2 is 2.17 bits per heavy atom.